The molecule has 0 spiro atoms. The predicted octanol–water partition coefficient (Wildman–Crippen LogP) is 2.82. The van der Waals surface area contributed by atoms with E-state index in [1.54, 1.807) is 17.5 Å². The van der Waals surface area contributed by atoms with Gasteiger partial charge in [-0.15, -0.1) is 11.3 Å². The number of carbonyl (C=O) groups excluding carboxylic acids is 1. The molecule has 0 fully saturated rings. The van der Waals surface area contributed by atoms with E-state index in [4.69, 9.17) is 0 Å². The Balaban J connectivity index is 1.42. The zero-order valence-corrected chi connectivity index (χ0v) is 13.6. The number of rotatable bonds is 5. The number of aromatic nitrogens is 4. The Hall–Kier alpha value is -2.93. The average molecular weight is 337 g/mol. The molecular weight excluding hydrogens is 322 g/mol. The van der Waals surface area contributed by atoms with Crippen LogP contribution < -0.4 is 5.32 Å². The van der Waals surface area contributed by atoms with Crippen molar-refractivity contribution in [2.75, 3.05) is 5.32 Å². The fourth-order valence-corrected chi connectivity index (χ4v) is 3.28. The van der Waals surface area contributed by atoms with Crippen LogP contribution in [0.15, 0.2) is 60.5 Å². The summed E-state index contributed by atoms with van der Waals surface area (Å²) in [6, 6.07) is 9.69. The smallest absolute Gasteiger partial charge is 0.230 e. The third-order valence-electron chi connectivity index (χ3n) is 3.60. The first-order valence-corrected chi connectivity index (χ1v) is 8.41. The van der Waals surface area contributed by atoms with Crippen molar-refractivity contribution in [1.82, 2.24) is 19.2 Å². The van der Waals surface area contributed by atoms with Crippen LogP contribution in [0.5, 0.6) is 0 Å². The van der Waals surface area contributed by atoms with Crippen LogP contribution in [0.3, 0.4) is 0 Å². The molecule has 1 N–H and O–H groups in total. The number of fused-ring (bicyclic) bond motifs is 1. The molecule has 4 rings (SSSR count). The van der Waals surface area contributed by atoms with E-state index in [0.717, 1.165) is 21.9 Å². The molecule has 0 bridgehead atoms. The summed E-state index contributed by atoms with van der Waals surface area (Å²) in [5.41, 5.74) is 2.64. The minimum absolute atomic E-state index is 0.0722. The quantitative estimate of drug-likeness (QED) is 0.609. The van der Waals surface area contributed by atoms with Gasteiger partial charge in [0.1, 0.15) is 0 Å². The van der Waals surface area contributed by atoms with Gasteiger partial charge in [-0.1, -0.05) is 12.1 Å². The van der Waals surface area contributed by atoms with Crippen molar-refractivity contribution >= 4 is 27.9 Å². The van der Waals surface area contributed by atoms with Crippen LogP contribution in [-0.4, -0.2) is 25.1 Å². The topological polar surface area (TPSA) is 64.2 Å². The normalized spacial score (nSPS) is 11.0. The Morgan fingerprint density at radius 2 is 2.21 bits per heavy atom. The molecule has 0 radical (unpaired) electrons. The molecule has 3 heterocycles. The van der Waals surface area contributed by atoms with E-state index >= 15 is 0 Å². The Kier molecular flexibility index (Phi) is 3.84. The van der Waals surface area contributed by atoms with Gasteiger partial charge in [-0.2, -0.15) is 5.10 Å². The van der Waals surface area contributed by atoms with E-state index in [1.165, 1.54) is 0 Å². The largest absolute Gasteiger partial charge is 0.326 e. The summed E-state index contributed by atoms with van der Waals surface area (Å²) in [5.74, 6) is -0.0722. The number of imidazole rings is 1. The number of amides is 1. The third-order valence-corrected chi connectivity index (χ3v) is 4.37. The van der Waals surface area contributed by atoms with E-state index < -0.39 is 0 Å². The molecule has 0 atom stereocenters. The van der Waals surface area contributed by atoms with E-state index in [9.17, 15) is 4.79 Å². The van der Waals surface area contributed by atoms with Crippen LogP contribution in [0.1, 0.15) is 11.3 Å². The second kappa shape index (κ2) is 6.29. The molecule has 120 valence electrons. The Morgan fingerprint density at radius 3 is 3.04 bits per heavy atom. The highest BCUT2D eigenvalue weighted by Crippen LogP contribution is 2.14. The molecule has 0 saturated carbocycles. The molecule has 0 aliphatic rings. The highest BCUT2D eigenvalue weighted by atomic mass is 32.1. The highest BCUT2D eigenvalue weighted by Gasteiger charge is 2.09. The van der Waals surface area contributed by atoms with Crippen LogP contribution in [0.4, 0.5) is 5.69 Å². The summed E-state index contributed by atoms with van der Waals surface area (Å²) in [7, 11) is 0. The first kappa shape index (κ1) is 14.6. The molecule has 1 aromatic carbocycles. The Bertz CT molecular complexity index is 941. The van der Waals surface area contributed by atoms with Gasteiger partial charge in [0.25, 0.3) is 0 Å². The minimum atomic E-state index is -0.0722. The number of benzene rings is 1. The summed E-state index contributed by atoms with van der Waals surface area (Å²) in [6.07, 6.45) is 7.75. The minimum Gasteiger partial charge on any atom is -0.326 e. The first-order chi connectivity index (χ1) is 11.8. The van der Waals surface area contributed by atoms with Crippen molar-refractivity contribution < 1.29 is 4.79 Å². The summed E-state index contributed by atoms with van der Waals surface area (Å²) in [5, 5.41) is 9.10. The maximum Gasteiger partial charge on any atom is 0.230 e. The molecule has 3 aromatic heterocycles. The van der Waals surface area contributed by atoms with Crippen molar-refractivity contribution in [3.8, 4) is 0 Å². The molecule has 1 amide bonds. The van der Waals surface area contributed by atoms with Crippen molar-refractivity contribution in [2.24, 2.45) is 0 Å². The molecule has 0 unspecified atom stereocenters. The molecular formula is C17H15N5OS. The molecule has 6 nitrogen and oxygen atoms in total. The summed E-state index contributed by atoms with van der Waals surface area (Å²) in [4.78, 5) is 17.6. The maximum absolute atomic E-state index is 12.2. The third kappa shape index (κ3) is 3.21. The van der Waals surface area contributed by atoms with E-state index in [-0.39, 0.29) is 12.3 Å². The lowest BCUT2D eigenvalue weighted by atomic mass is 10.2. The van der Waals surface area contributed by atoms with Crippen molar-refractivity contribution in [3.63, 3.8) is 0 Å². The summed E-state index contributed by atoms with van der Waals surface area (Å²) >= 11 is 1.55. The van der Waals surface area contributed by atoms with Crippen molar-refractivity contribution in [3.05, 3.63) is 71.8 Å². The van der Waals surface area contributed by atoms with Crippen LogP contribution in [0.2, 0.25) is 0 Å². The van der Waals surface area contributed by atoms with Gasteiger partial charge in [-0.25, -0.2) is 4.98 Å². The van der Waals surface area contributed by atoms with Crippen molar-refractivity contribution in [2.45, 2.75) is 13.0 Å². The summed E-state index contributed by atoms with van der Waals surface area (Å²) in [6.45, 7) is 0.675. The highest BCUT2D eigenvalue weighted by molar-refractivity contribution is 7.15. The second-order valence-corrected chi connectivity index (χ2v) is 6.33. The van der Waals surface area contributed by atoms with Gasteiger partial charge in [-0.05, 0) is 23.8 Å². The van der Waals surface area contributed by atoms with Gasteiger partial charge >= 0.3 is 0 Å². The standard InChI is InChI=1S/C17H15N5OS/c23-16(10-15-12-21-7-8-24-17(21)20-15)19-14-4-1-3-13(9-14)11-22-6-2-5-18-22/h1-9,12H,10-11H2,(H,19,23). The summed E-state index contributed by atoms with van der Waals surface area (Å²) < 4.78 is 3.77. The molecule has 0 aliphatic heterocycles. The number of hydrogen-bond donors (Lipinski definition) is 1. The molecule has 4 aromatic rings. The van der Waals surface area contributed by atoms with E-state index in [0.29, 0.717) is 6.54 Å². The fourth-order valence-electron chi connectivity index (χ4n) is 2.56. The maximum atomic E-state index is 12.2. The number of thiazole rings is 1. The van der Waals surface area contributed by atoms with Crippen LogP contribution >= 0.6 is 11.3 Å². The number of nitrogens with one attached hydrogen (secondary N) is 1. The van der Waals surface area contributed by atoms with Gasteiger partial charge < -0.3 is 5.32 Å². The lowest BCUT2D eigenvalue weighted by Gasteiger charge is -2.07. The van der Waals surface area contributed by atoms with E-state index in [1.807, 2.05) is 63.4 Å². The van der Waals surface area contributed by atoms with Gasteiger partial charge in [0.05, 0.1) is 18.7 Å². The van der Waals surface area contributed by atoms with Gasteiger partial charge in [-0.3, -0.25) is 13.9 Å². The molecule has 7 heteroatoms. The second-order valence-electron chi connectivity index (χ2n) is 5.45. The predicted molar refractivity (Wildman–Crippen MR) is 93.2 cm³/mol. The molecule has 0 saturated heterocycles. The lowest BCUT2D eigenvalue weighted by molar-refractivity contribution is -0.115. The zero-order valence-electron chi connectivity index (χ0n) is 12.8. The lowest BCUT2D eigenvalue weighted by Crippen LogP contribution is -2.14. The first-order valence-electron chi connectivity index (χ1n) is 7.53. The average Bonchev–Trinajstić information content (AvgIpc) is 3.25. The number of hydrogen-bond acceptors (Lipinski definition) is 4. The SMILES string of the molecule is O=C(Cc1cn2ccsc2n1)Nc1cccc(Cn2cccn2)c1. The van der Waals surface area contributed by atoms with Crippen molar-refractivity contribution in [1.29, 1.82) is 0 Å². The van der Waals surface area contributed by atoms with Crippen LogP contribution in [-0.2, 0) is 17.8 Å². The Morgan fingerprint density at radius 1 is 1.25 bits per heavy atom. The Labute approximate surface area is 142 Å². The van der Waals surface area contributed by atoms with Gasteiger partial charge in [0.2, 0.25) is 5.91 Å². The monoisotopic (exact) mass is 337 g/mol. The molecule has 24 heavy (non-hydrogen) atoms. The molecule has 0 aliphatic carbocycles. The number of anilines is 1. The number of carbonyl (C=O) groups is 1. The van der Waals surface area contributed by atoms with Gasteiger partial charge in [0.15, 0.2) is 4.96 Å². The van der Waals surface area contributed by atoms with Crippen LogP contribution in [0.25, 0.3) is 4.96 Å². The van der Waals surface area contributed by atoms with Crippen LogP contribution in [0, 0.1) is 0 Å². The fraction of sp³-hybridized carbons (Fsp3) is 0.118. The van der Waals surface area contributed by atoms with Gasteiger partial charge in [0, 0.05) is 35.9 Å². The number of nitrogens with zero attached hydrogens (tertiary/aromatic N) is 4. The zero-order chi connectivity index (χ0) is 16.4. The van der Waals surface area contributed by atoms with E-state index in [2.05, 4.69) is 15.4 Å².